The number of hydrogen-bond acceptors (Lipinski definition) is 13. The molecule has 0 unspecified atom stereocenters. The molecule has 6 aromatic rings. The molecule has 3 atom stereocenters. The summed E-state index contributed by atoms with van der Waals surface area (Å²) < 4.78 is 1.90. The summed E-state index contributed by atoms with van der Waals surface area (Å²) >= 11 is 1.57. The highest BCUT2D eigenvalue weighted by Crippen LogP contribution is 2.32. The number of H-pyrrole nitrogens is 1. The molecule has 2 saturated heterocycles. The molecule has 0 bridgehead atoms. The van der Waals surface area contributed by atoms with Gasteiger partial charge in [-0.1, -0.05) is 51.5 Å². The van der Waals surface area contributed by atoms with Gasteiger partial charge in [-0.05, 0) is 105 Å². The number of pyridine rings is 2. The third kappa shape index (κ3) is 14.5. The molecule has 0 saturated carbocycles. The molecule has 2 aromatic carbocycles. The monoisotopic (exact) mass is 1100 g/mol. The Kier molecular flexibility index (Phi) is 18.8. The number of amides is 5. The number of aromatic nitrogens is 5. The zero-order valence-corrected chi connectivity index (χ0v) is 47.6. The molecule has 0 spiro atoms. The maximum absolute atomic E-state index is 14.1. The summed E-state index contributed by atoms with van der Waals surface area (Å²) in [5, 5.41) is 27.8. The minimum absolute atomic E-state index is 0.00238. The molecule has 4 aromatic heterocycles. The van der Waals surface area contributed by atoms with Gasteiger partial charge in [-0.3, -0.25) is 38.3 Å². The van der Waals surface area contributed by atoms with Crippen molar-refractivity contribution in [3.05, 3.63) is 116 Å². The van der Waals surface area contributed by atoms with E-state index in [9.17, 15) is 33.9 Å². The summed E-state index contributed by atoms with van der Waals surface area (Å²) in [6.45, 7) is 20.1. The number of aryl methyl sites for hydroxylation is 3. The molecule has 6 N–H and O–H groups in total. The number of nitrogens with one attached hydrogen (secondary N) is 5. The Hall–Kier alpha value is -7.29. The van der Waals surface area contributed by atoms with Crippen molar-refractivity contribution in [2.45, 2.75) is 131 Å². The van der Waals surface area contributed by atoms with Crippen LogP contribution in [0.3, 0.4) is 0 Å². The Labute approximate surface area is 466 Å². The Morgan fingerprint density at radius 1 is 0.823 bits per heavy atom. The lowest BCUT2D eigenvalue weighted by Crippen LogP contribution is -2.57. The lowest BCUT2D eigenvalue weighted by molar-refractivity contribution is -0.144. The first-order valence-corrected chi connectivity index (χ1v) is 28.4. The van der Waals surface area contributed by atoms with Crippen LogP contribution in [-0.4, -0.2) is 133 Å². The van der Waals surface area contributed by atoms with Gasteiger partial charge in [-0.2, -0.15) is 5.10 Å². The summed E-state index contributed by atoms with van der Waals surface area (Å²) in [5.41, 5.74) is 8.92. The third-order valence-corrected chi connectivity index (χ3v) is 15.9. The number of carbonyl (C=O) groups excluding carboxylic acids is 5. The van der Waals surface area contributed by atoms with Crippen LogP contribution in [-0.2, 0) is 32.3 Å². The molecule has 8 rings (SSSR count). The van der Waals surface area contributed by atoms with Gasteiger partial charge in [-0.25, -0.2) is 9.97 Å². The molecule has 0 radical (unpaired) electrons. The van der Waals surface area contributed by atoms with Crippen molar-refractivity contribution in [2.24, 2.45) is 5.41 Å². The number of unbranched alkanes of at least 4 members (excludes halogenated alkanes) is 2. The van der Waals surface area contributed by atoms with Crippen LogP contribution in [0.5, 0.6) is 0 Å². The van der Waals surface area contributed by atoms with E-state index in [2.05, 4.69) is 46.1 Å². The van der Waals surface area contributed by atoms with Crippen LogP contribution in [0.4, 0.5) is 5.82 Å². The number of aliphatic hydroxyl groups excluding tert-OH is 1. The second-order valence-corrected chi connectivity index (χ2v) is 23.2. The molecule has 79 heavy (non-hydrogen) atoms. The fourth-order valence-electron chi connectivity index (χ4n) is 10.4. The molecule has 6 heterocycles. The highest BCUT2D eigenvalue weighted by atomic mass is 32.1. The average Bonchev–Trinajstić information content (AvgIpc) is 4.20. The number of aromatic amines is 1. The average molecular weight is 1100 g/mol. The van der Waals surface area contributed by atoms with Gasteiger partial charge in [0.05, 0.1) is 39.5 Å². The van der Waals surface area contributed by atoms with Crippen molar-refractivity contribution in [3.63, 3.8) is 0 Å². The predicted octanol–water partition coefficient (Wildman–Crippen LogP) is 6.34. The van der Waals surface area contributed by atoms with Crippen LogP contribution in [0.15, 0.2) is 77.3 Å². The van der Waals surface area contributed by atoms with E-state index in [1.54, 1.807) is 17.5 Å². The lowest BCUT2D eigenvalue weighted by atomic mass is 9.85. The molecule has 2 aliphatic heterocycles. The van der Waals surface area contributed by atoms with Crippen LogP contribution in [0.2, 0.25) is 0 Å². The van der Waals surface area contributed by atoms with E-state index >= 15 is 0 Å². The van der Waals surface area contributed by atoms with Crippen molar-refractivity contribution >= 4 is 57.6 Å². The fourth-order valence-corrected chi connectivity index (χ4v) is 11.2. The van der Waals surface area contributed by atoms with Gasteiger partial charge in [0.1, 0.15) is 17.9 Å². The number of thiazole rings is 1. The predicted molar refractivity (Wildman–Crippen MR) is 307 cm³/mol. The van der Waals surface area contributed by atoms with Crippen LogP contribution in [0.25, 0.3) is 32.5 Å². The van der Waals surface area contributed by atoms with Gasteiger partial charge in [-0.15, -0.1) is 11.3 Å². The molecule has 2 aliphatic rings. The van der Waals surface area contributed by atoms with E-state index in [0.29, 0.717) is 43.4 Å². The van der Waals surface area contributed by atoms with E-state index in [4.69, 9.17) is 4.98 Å². The normalized spacial score (nSPS) is 16.3. The summed E-state index contributed by atoms with van der Waals surface area (Å²) in [6, 6.07) is 16.0. The van der Waals surface area contributed by atoms with Gasteiger partial charge < -0.3 is 41.2 Å². The number of fused-ring (bicyclic) bond motifs is 1. The van der Waals surface area contributed by atoms with Crippen LogP contribution < -0.4 is 31.7 Å². The number of carbonyl (C=O) groups is 5. The molecule has 5 amide bonds. The number of aliphatic hydroxyl groups is 1. The Bertz CT molecular complexity index is 3190. The van der Waals surface area contributed by atoms with Crippen molar-refractivity contribution in [1.29, 1.82) is 0 Å². The minimum Gasteiger partial charge on any atom is -0.391 e. The Balaban J connectivity index is 0.736. The van der Waals surface area contributed by atoms with Gasteiger partial charge in [0, 0.05) is 113 Å². The number of likely N-dealkylation sites (tertiary alicyclic amines) is 1. The molecule has 20 heteroatoms. The number of nitrogens with zero attached hydrogens (tertiary/aromatic N) is 7. The first kappa shape index (κ1) is 57.9. The number of benzene rings is 2. The molecule has 420 valence electrons. The minimum atomic E-state index is -0.913. The molecular weight excluding hydrogens is 1020 g/mol. The van der Waals surface area contributed by atoms with Crippen molar-refractivity contribution in [3.8, 4) is 21.6 Å². The van der Waals surface area contributed by atoms with Crippen LogP contribution >= 0.6 is 11.3 Å². The maximum atomic E-state index is 14.1. The SMILES string of the molecule is Cc1cc(C)c(CNC(=O)c2cc(-c3ccc(N4CCN(CCNC(=O)CCCCCC(=O)N[C@H](C(=O)N5C[C@H](O)C[C@H]5C(=O)NCc5ccc(-c6scnc6C)cc5)C(C)(C)C)CC4)nc3)cc3c2cnn3C(C)C)c(=O)[nH]1. The van der Waals surface area contributed by atoms with E-state index in [-0.39, 0.29) is 67.7 Å². The first-order valence-electron chi connectivity index (χ1n) is 27.5. The number of β-amino-alcohol motifs (C(OH)–C–C–N with tert-alkyl or cyclic N) is 1. The maximum Gasteiger partial charge on any atom is 0.253 e. The second kappa shape index (κ2) is 25.7. The van der Waals surface area contributed by atoms with Crippen LogP contribution in [0.1, 0.15) is 118 Å². The van der Waals surface area contributed by atoms with Gasteiger partial charge in [0.15, 0.2) is 0 Å². The summed E-state index contributed by atoms with van der Waals surface area (Å²) in [7, 11) is 0. The Morgan fingerprint density at radius 3 is 2.20 bits per heavy atom. The molecular formula is C59H76N12O7S. The highest BCUT2D eigenvalue weighted by Gasteiger charge is 2.44. The summed E-state index contributed by atoms with van der Waals surface area (Å²) in [5.74, 6) is -0.524. The highest BCUT2D eigenvalue weighted by molar-refractivity contribution is 7.13. The topological polar surface area (TPSA) is 240 Å². The van der Waals surface area contributed by atoms with E-state index < -0.39 is 29.5 Å². The van der Waals surface area contributed by atoms with Crippen molar-refractivity contribution < 1.29 is 29.1 Å². The quantitative estimate of drug-likeness (QED) is 0.0433. The molecule has 19 nitrogen and oxygen atoms in total. The summed E-state index contributed by atoms with van der Waals surface area (Å²) in [4.78, 5) is 99.1. The Morgan fingerprint density at radius 2 is 1.54 bits per heavy atom. The smallest absolute Gasteiger partial charge is 0.253 e. The number of anilines is 1. The van der Waals surface area contributed by atoms with Crippen molar-refractivity contribution in [2.75, 3.05) is 50.7 Å². The fraction of sp³-hybridized carbons (Fsp3) is 0.475. The number of piperazine rings is 1. The number of hydrogen-bond donors (Lipinski definition) is 6. The largest absolute Gasteiger partial charge is 0.391 e. The number of rotatable bonds is 21. The van der Waals surface area contributed by atoms with E-state index in [1.807, 2.05) is 126 Å². The van der Waals surface area contributed by atoms with Crippen molar-refractivity contribution in [1.82, 2.24) is 55.8 Å². The van der Waals surface area contributed by atoms with E-state index in [1.165, 1.54) is 4.90 Å². The standard InChI is InChI=1S/C59H76N12O7S/c1-36(2)71-48-28-43(27-45(47(48)33-65-71)55(75)63-32-46-37(3)26-38(4)66-56(46)76)42-18-19-50(61-31-42)69-24-22-68(23-25-69)21-20-60-51(73)12-10-9-11-13-52(74)67-54(59(6,7)8)58(78)70-34-44(72)29-49(70)57(77)62-30-40-14-16-41(17-15-40)53-39(5)64-35-79-53/h14-19,26-28,31,33,35-36,44,49,54,72H,9-13,20-25,29-30,32,34H2,1-8H3,(H,60,73)(H,62,77)(H,63,75)(H,66,76)(H,67,74)/t44-,49+,54-/m1/s1. The lowest BCUT2D eigenvalue weighted by Gasteiger charge is -2.35. The van der Waals surface area contributed by atoms with E-state index in [0.717, 1.165) is 93.5 Å². The second-order valence-electron chi connectivity index (χ2n) is 22.4. The van der Waals surface area contributed by atoms with Gasteiger partial charge in [0.25, 0.3) is 11.5 Å². The first-order chi connectivity index (χ1) is 37.7. The molecule has 0 aliphatic carbocycles. The zero-order valence-electron chi connectivity index (χ0n) is 46.8. The zero-order chi connectivity index (χ0) is 56.5. The summed E-state index contributed by atoms with van der Waals surface area (Å²) in [6.07, 6.45) is 5.15. The van der Waals surface area contributed by atoms with Gasteiger partial charge >= 0.3 is 0 Å². The van der Waals surface area contributed by atoms with Gasteiger partial charge in [0.2, 0.25) is 23.6 Å². The molecule has 2 fully saturated rings. The third-order valence-electron chi connectivity index (χ3n) is 14.9. The van der Waals surface area contributed by atoms with Crippen LogP contribution in [0, 0.1) is 26.2 Å².